The summed E-state index contributed by atoms with van der Waals surface area (Å²) in [5, 5.41) is 10.3. The number of ether oxygens (including phenoxy) is 1. The molecule has 0 aliphatic rings. The third-order valence-electron chi connectivity index (χ3n) is 3.39. The van der Waals surface area contributed by atoms with Crippen molar-refractivity contribution >= 4 is 0 Å². The molecule has 2 aromatic carbocycles. The fourth-order valence-corrected chi connectivity index (χ4v) is 2.24. The van der Waals surface area contributed by atoms with E-state index in [9.17, 15) is 13.9 Å². The summed E-state index contributed by atoms with van der Waals surface area (Å²) < 4.78 is 28.8. The second-order valence-corrected chi connectivity index (χ2v) is 5.10. The van der Waals surface area contributed by atoms with Crippen LogP contribution in [0.3, 0.4) is 0 Å². The lowest BCUT2D eigenvalue weighted by Gasteiger charge is -2.15. The topological polar surface area (TPSA) is 29.5 Å². The van der Waals surface area contributed by atoms with Crippen LogP contribution in [0, 0.1) is 13.8 Å². The molecule has 112 valence electrons. The molecular weight excluding hydrogens is 274 g/mol. The van der Waals surface area contributed by atoms with Gasteiger partial charge >= 0.3 is 6.61 Å². The Morgan fingerprint density at radius 1 is 1.10 bits per heavy atom. The number of aryl methyl sites for hydroxylation is 2. The summed E-state index contributed by atoms with van der Waals surface area (Å²) in [6, 6.07) is 12.2. The maximum atomic E-state index is 12.2. The van der Waals surface area contributed by atoms with E-state index in [1.807, 2.05) is 32.0 Å². The largest absolute Gasteiger partial charge is 0.435 e. The first-order valence-corrected chi connectivity index (χ1v) is 6.74. The van der Waals surface area contributed by atoms with Gasteiger partial charge in [-0.05, 0) is 42.7 Å². The number of aliphatic hydroxyl groups is 1. The molecule has 2 aromatic rings. The molecule has 1 unspecified atom stereocenters. The molecule has 2 nitrogen and oxygen atoms in total. The molecule has 1 atom stereocenters. The zero-order valence-corrected chi connectivity index (χ0v) is 12.0. The molecule has 0 heterocycles. The van der Waals surface area contributed by atoms with E-state index < -0.39 is 12.7 Å². The van der Waals surface area contributed by atoms with Crippen molar-refractivity contribution in [3.63, 3.8) is 0 Å². The third-order valence-corrected chi connectivity index (χ3v) is 3.39. The van der Waals surface area contributed by atoms with Crippen molar-refractivity contribution in [3.05, 3.63) is 64.7 Å². The van der Waals surface area contributed by atoms with Crippen LogP contribution in [0.25, 0.3) is 0 Å². The first-order chi connectivity index (χ1) is 9.95. The summed E-state index contributed by atoms with van der Waals surface area (Å²) in [6.07, 6.45) is -0.322. The van der Waals surface area contributed by atoms with Gasteiger partial charge in [0.05, 0.1) is 6.10 Å². The Balaban J connectivity index is 2.16. The van der Waals surface area contributed by atoms with Crippen molar-refractivity contribution in [1.29, 1.82) is 0 Å². The number of alkyl halides is 2. The van der Waals surface area contributed by atoms with E-state index in [0.717, 1.165) is 16.7 Å². The van der Waals surface area contributed by atoms with Crippen LogP contribution in [0.1, 0.15) is 28.4 Å². The van der Waals surface area contributed by atoms with Gasteiger partial charge in [0.2, 0.25) is 0 Å². The van der Waals surface area contributed by atoms with Gasteiger partial charge in [0.1, 0.15) is 5.75 Å². The molecule has 4 heteroatoms. The van der Waals surface area contributed by atoms with Gasteiger partial charge in [-0.3, -0.25) is 0 Å². The summed E-state index contributed by atoms with van der Waals surface area (Å²) in [4.78, 5) is 0. The average molecular weight is 292 g/mol. The maximum Gasteiger partial charge on any atom is 0.387 e. The van der Waals surface area contributed by atoms with E-state index in [-0.39, 0.29) is 5.75 Å². The third kappa shape index (κ3) is 4.26. The molecule has 0 saturated heterocycles. The van der Waals surface area contributed by atoms with Crippen LogP contribution < -0.4 is 4.74 Å². The standard InChI is InChI=1S/C17H18F2O2/c1-11-6-7-12(2)14(8-11)10-16(20)13-4-3-5-15(9-13)21-17(18)19/h3-9,16-17,20H,10H2,1-2H3. The monoisotopic (exact) mass is 292 g/mol. The highest BCUT2D eigenvalue weighted by Crippen LogP contribution is 2.25. The molecule has 1 N–H and O–H groups in total. The van der Waals surface area contributed by atoms with Crippen molar-refractivity contribution in [2.24, 2.45) is 0 Å². The quantitative estimate of drug-likeness (QED) is 0.895. The SMILES string of the molecule is Cc1ccc(C)c(CC(O)c2cccc(OC(F)F)c2)c1. The lowest BCUT2D eigenvalue weighted by Crippen LogP contribution is -2.06. The minimum Gasteiger partial charge on any atom is -0.435 e. The molecule has 0 saturated carbocycles. The summed E-state index contributed by atoms with van der Waals surface area (Å²) in [5.41, 5.74) is 3.83. The van der Waals surface area contributed by atoms with E-state index in [0.29, 0.717) is 12.0 Å². The van der Waals surface area contributed by atoms with E-state index >= 15 is 0 Å². The van der Waals surface area contributed by atoms with Crippen molar-refractivity contribution in [2.75, 3.05) is 0 Å². The Labute approximate surface area is 123 Å². The fraction of sp³-hybridized carbons (Fsp3) is 0.294. The molecule has 0 bridgehead atoms. The second kappa shape index (κ2) is 6.68. The van der Waals surface area contributed by atoms with E-state index in [1.54, 1.807) is 12.1 Å². The van der Waals surface area contributed by atoms with Crippen molar-refractivity contribution in [1.82, 2.24) is 0 Å². The van der Waals surface area contributed by atoms with Crippen LogP contribution in [0.2, 0.25) is 0 Å². The van der Waals surface area contributed by atoms with Crippen LogP contribution in [-0.4, -0.2) is 11.7 Å². The number of aliphatic hydroxyl groups excluding tert-OH is 1. The second-order valence-electron chi connectivity index (χ2n) is 5.10. The van der Waals surface area contributed by atoms with Gasteiger partial charge in [-0.2, -0.15) is 8.78 Å². The molecular formula is C17H18F2O2. The van der Waals surface area contributed by atoms with Gasteiger partial charge in [0.15, 0.2) is 0 Å². The molecule has 0 aromatic heterocycles. The summed E-state index contributed by atoms with van der Waals surface area (Å²) in [5.74, 6) is 0.0579. The minimum atomic E-state index is -2.86. The predicted octanol–water partition coefficient (Wildman–Crippen LogP) is 4.18. The predicted molar refractivity (Wildman–Crippen MR) is 77.7 cm³/mol. The van der Waals surface area contributed by atoms with Gasteiger partial charge in [-0.25, -0.2) is 0 Å². The number of benzene rings is 2. The van der Waals surface area contributed by atoms with E-state index in [1.165, 1.54) is 12.1 Å². The highest BCUT2D eigenvalue weighted by atomic mass is 19.3. The number of hydrogen-bond acceptors (Lipinski definition) is 2. The Bertz CT molecular complexity index is 611. The maximum absolute atomic E-state index is 12.2. The Morgan fingerprint density at radius 3 is 2.57 bits per heavy atom. The summed E-state index contributed by atoms with van der Waals surface area (Å²) in [6.45, 7) is 1.11. The lowest BCUT2D eigenvalue weighted by molar-refractivity contribution is -0.0499. The summed E-state index contributed by atoms with van der Waals surface area (Å²) >= 11 is 0. The highest BCUT2D eigenvalue weighted by Gasteiger charge is 2.12. The Hall–Kier alpha value is -1.94. The van der Waals surface area contributed by atoms with Crippen molar-refractivity contribution in [2.45, 2.75) is 33.0 Å². The zero-order valence-electron chi connectivity index (χ0n) is 12.0. The minimum absolute atomic E-state index is 0.0579. The average Bonchev–Trinajstić information content (AvgIpc) is 2.42. The molecule has 21 heavy (non-hydrogen) atoms. The molecule has 2 rings (SSSR count). The zero-order chi connectivity index (χ0) is 15.4. The Kier molecular flexibility index (Phi) is 4.91. The molecule has 0 radical (unpaired) electrons. The van der Waals surface area contributed by atoms with Gasteiger partial charge in [0, 0.05) is 6.42 Å². The summed E-state index contributed by atoms with van der Waals surface area (Å²) in [7, 11) is 0. The lowest BCUT2D eigenvalue weighted by atomic mass is 9.96. The molecule has 0 spiro atoms. The van der Waals surface area contributed by atoms with Crippen molar-refractivity contribution in [3.8, 4) is 5.75 Å². The van der Waals surface area contributed by atoms with Crippen LogP contribution >= 0.6 is 0 Å². The van der Waals surface area contributed by atoms with E-state index in [4.69, 9.17) is 0 Å². The smallest absolute Gasteiger partial charge is 0.387 e. The molecule has 0 aliphatic heterocycles. The first-order valence-electron chi connectivity index (χ1n) is 6.74. The normalized spacial score (nSPS) is 12.5. The molecule has 0 amide bonds. The Morgan fingerprint density at radius 2 is 1.86 bits per heavy atom. The van der Waals surface area contributed by atoms with Crippen molar-refractivity contribution < 1.29 is 18.6 Å². The van der Waals surface area contributed by atoms with Gasteiger partial charge in [-0.1, -0.05) is 35.9 Å². The van der Waals surface area contributed by atoms with Crippen LogP contribution in [0.15, 0.2) is 42.5 Å². The first kappa shape index (κ1) is 15.4. The van der Waals surface area contributed by atoms with E-state index in [2.05, 4.69) is 4.74 Å². The van der Waals surface area contributed by atoms with Crippen LogP contribution in [0.5, 0.6) is 5.75 Å². The van der Waals surface area contributed by atoms with Gasteiger partial charge in [-0.15, -0.1) is 0 Å². The van der Waals surface area contributed by atoms with Gasteiger partial charge in [0.25, 0.3) is 0 Å². The highest BCUT2D eigenvalue weighted by molar-refractivity contribution is 5.34. The van der Waals surface area contributed by atoms with Crippen LogP contribution in [0.4, 0.5) is 8.78 Å². The van der Waals surface area contributed by atoms with Gasteiger partial charge < -0.3 is 9.84 Å². The molecule has 0 aliphatic carbocycles. The number of halogens is 2. The van der Waals surface area contributed by atoms with Crippen LogP contribution in [-0.2, 0) is 6.42 Å². The molecule has 0 fully saturated rings. The number of hydrogen-bond donors (Lipinski definition) is 1. The fourth-order valence-electron chi connectivity index (χ4n) is 2.24. The number of rotatable bonds is 5.